The van der Waals surface area contributed by atoms with E-state index in [1.54, 1.807) is 18.2 Å². The molecule has 2 heterocycles. The van der Waals surface area contributed by atoms with Gasteiger partial charge in [0.2, 0.25) is 0 Å². The molecular formula is C18H14F2N4O4. The summed E-state index contributed by atoms with van der Waals surface area (Å²) >= 11 is 0. The molecule has 0 saturated carbocycles. The second-order valence-corrected chi connectivity index (χ2v) is 6.12. The number of fused-ring (bicyclic) bond motifs is 1. The Morgan fingerprint density at radius 2 is 1.57 bits per heavy atom. The van der Waals surface area contributed by atoms with Gasteiger partial charge in [0.05, 0.1) is 25.6 Å². The molecule has 0 unspecified atom stereocenters. The number of methoxy groups -OCH3 is 2. The smallest absolute Gasteiger partial charge is 0.263 e. The largest absolute Gasteiger partial charge is 0.497 e. The molecule has 28 heavy (non-hydrogen) atoms. The van der Waals surface area contributed by atoms with Crippen LogP contribution in [-0.2, 0) is 9.59 Å². The summed E-state index contributed by atoms with van der Waals surface area (Å²) in [5.41, 5.74) is 0.363. The first-order valence-electron chi connectivity index (χ1n) is 8.20. The van der Waals surface area contributed by atoms with E-state index in [0.717, 1.165) is 23.1 Å². The highest BCUT2D eigenvalue weighted by atomic mass is 19.2. The van der Waals surface area contributed by atoms with Gasteiger partial charge >= 0.3 is 0 Å². The third-order valence-electron chi connectivity index (χ3n) is 4.54. The zero-order chi connectivity index (χ0) is 20.0. The molecule has 1 fully saturated rings. The Morgan fingerprint density at radius 1 is 0.893 bits per heavy atom. The second-order valence-electron chi connectivity index (χ2n) is 6.12. The number of nitrogens with zero attached hydrogens (tertiary/aromatic N) is 4. The van der Waals surface area contributed by atoms with Crippen LogP contribution in [0, 0.1) is 11.6 Å². The minimum Gasteiger partial charge on any atom is -0.497 e. The lowest BCUT2D eigenvalue weighted by molar-refractivity contribution is -0.121. The molecule has 0 bridgehead atoms. The third kappa shape index (κ3) is 2.65. The first kappa shape index (κ1) is 17.8. The molecule has 2 amide bonds. The average molecular weight is 388 g/mol. The summed E-state index contributed by atoms with van der Waals surface area (Å²) in [5, 5.41) is 9.14. The SMILES string of the molecule is COc1cc(OC)cc(N2N=N[C@H]3C(=O)N(c4ccc(F)c(F)c4)C(=O)[C@H]32)c1. The van der Waals surface area contributed by atoms with Gasteiger partial charge in [-0.05, 0) is 12.1 Å². The van der Waals surface area contributed by atoms with Gasteiger partial charge in [-0.1, -0.05) is 5.22 Å². The standard InChI is InChI=1S/C18H14F2N4O4/c1-27-11-5-10(6-12(8-11)28-2)24-16-15(21-22-24)17(25)23(18(16)26)9-3-4-13(19)14(20)7-9/h3-8,15-16H,1-2H3/t15-,16+/m1/s1. The third-order valence-corrected chi connectivity index (χ3v) is 4.54. The summed E-state index contributed by atoms with van der Waals surface area (Å²) in [7, 11) is 2.95. The maximum Gasteiger partial charge on any atom is 0.263 e. The van der Waals surface area contributed by atoms with Gasteiger partial charge in [0.1, 0.15) is 11.5 Å². The minimum atomic E-state index is -1.16. The highest BCUT2D eigenvalue weighted by Gasteiger charge is 2.55. The normalized spacial score (nSPS) is 20.7. The van der Waals surface area contributed by atoms with Crippen molar-refractivity contribution in [1.82, 2.24) is 0 Å². The number of carbonyl (C=O) groups is 2. The van der Waals surface area contributed by atoms with Crippen molar-refractivity contribution in [2.75, 3.05) is 24.1 Å². The molecule has 2 aromatic rings. The van der Waals surface area contributed by atoms with Gasteiger partial charge in [-0.2, -0.15) is 5.11 Å². The molecule has 2 aliphatic heterocycles. The van der Waals surface area contributed by atoms with Crippen molar-refractivity contribution in [3.8, 4) is 11.5 Å². The van der Waals surface area contributed by atoms with Gasteiger partial charge in [0.25, 0.3) is 11.8 Å². The number of carbonyl (C=O) groups excluding carboxylic acids is 2. The van der Waals surface area contributed by atoms with E-state index in [2.05, 4.69) is 10.3 Å². The number of amides is 2. The van der Waals surface area contributed by atoms with Crippen LogP contribution in [0.2, 0.25) is 0 Å². The van der Waals surface area contributed by atoms with E-state index >= 15 is 0 Å². The van der Waals surface area contributed by atoms with E-state index in [-0.39, 0.29) is 5.69 Å². The van der Waals surface area contributed by atoms with E-state index in [0.29, 0.717) is 17.2 Å². The van der Waals surface area contributed by atoms with Crippen molar-refractivity contribution in [3.05, 3.63) is 48.0 Å². The fraction of sp³-hybridized carbons (Fsp3) is 0.222. The molecule has 8 nitrogen and oxygen atoms in total. The summed E-state index contributed by atoms with van der Waals surface area (Å²) in [5.74, 6) is -2.63. The fourth-order valence-electron chi connectivity index (χ4n) is 3.18. The van der Waals surface area contributed by atoms with Crippen LogP contribution in [0.5, 0.6) is 11.5 Å². The van der Waals surface area contributed by atoms with Crippen molar-refractivity contribution < 1.29 is 27.8 Å². The Bertz CT molecular complexity index is 991. The Balaban J connectivity index is 1.71. The average Bonchev–Trinajstić information content (AvgIpc) is 3.24. The molecule has 2 aromatic carbocycles. The number of hydrogen-bond donors (Lipinski definition) is 0. The monoisotopic (exact) mass is 388 g/mol. The fourth-order valence-corrected chi connectivity index (χ4v) is 3.18. The number of imide groups is 1. The number of ether oxygens (including phenoxy) is 2. The van der Waals surface area contributed by atoms with Crippen LogP contribution < -0.4 is 19.4 Å². The van der Waals surface area contributed by atoms with Gasteiger partial charge in [0.15, 0.2) is 23.7 Å². The molecule has 0 spiro atoms. The predicted octanol–water partition coefficient (Wildman–Crippen LogP) is 2.48. The van der Waals surface area contributed by atoms with E-state index < -0.39 is 35.5 Å². The molecule has 0 aromatic heterocycles. The highest BCUT2D eigenvalue weighted by Crippen LogP contribution is 2.37. The summed E-state index contributed by atoms with van der Waals surface area (Å²) in [6, 6.07) is 5.54. The molecule has 0 aliphatic carbocycles. The van der Waals surface area contributed by atoms with Gasteiger partial charge in [-0.25, -0.2) is 18.7 Å². The lowest BCUT2D eigenvalue weighted by Crippen LogP contribution is -2.40. The van der Waals surface area contributed by atoms with E-state index in [1.165, 1.54) is 19.2 Å². The van der Waals surface area contributed by atoms with Crippen molar-refractivity contribution in [2.45, 2.75) is 12.1 Å². The van der Waals surface area contributed by atoms with Crippen LogP contribution in [0.4, 0.5) is 20.2 Å². The molecular weight excluding hydrogens is 374 g/mol. The van der Waals surface area contributed by atoms with Gasteiger partial charge < -0.3 is 9.47 Å². The Labute approximate surface area is 157 Å². The molecule has 4 rings (SSSR count). The van der Waals surface area contributed by atoms with Crippen molar-refractivity contribution in [2.24, 2.45) is 10.3 Å². The number of benzene rings is 2. The zero-order valence-electron chi connectivity index (χ0n) is 14.8. The topological polar surface area (TPSA) is 83.8 Å². The second kappa shape index (κ2) is 6.55. The summed E-state index contributed by atoms with van der Waals surface area (Å²) in [6.45, 7) is 0. The van der Waals surface area contributed by atoms with E-state index in [1.807, 2.05) is 0 Å². The molecule has 144 valence electrons. The Morgan fingerprint density at radius 3 is 2.18 bits per heavy atom. The van der Waals surface area contributed by atoms with Crippen molar-refractivity contribution >= 4 is 23.2 Å². The van der Waals surface area contributed by atoms with Gasteiger partial charge in [0, 0.05) is 24.3 Å². The predicted molar refractivity (Wildman–Crippen MR) is 93.3 cm³/mol. The number of hydrogen-bond acceptors (Lipinski definition) is 7. The number of halogens is 2. The van der Waals surface area contributed by atoms with Crippen molar-refractivity contribution in [1.29, 1.82) is 0 Å². The lowest BCUT2D eigenvalue weighted by Gasteiger charge is -2.21. The van der Waals surface area contributed by atoms with Crippen LogP contribution in [0.25, 0.3) is 0 Å². The van der Waals surface area contributed by atoms with Crippen molar-refractivity contribution in [3.63, 3.8) is 0 Å². The first-order valence-corrected chi connectivity index (χ1v) is 8.20. The Hall–Kier alpha value is -3.56. The van der Waals surface area contributed by atoms with Crippen LogP contribution in [0.1, 0.15) is 0 Å². The van der Waals surface area contributed by atoms with E-state index in [9.17, 15) is 18.4 Å². The maximum absolute atomic E-state index is 13.6. The molecule has 0 N–H and O–H groups in total. The van der Waals surface area contributed by atoms with E-state index in [4.69, 9.17) is 9.47 Å². The first-order chi connectivity index (χ1) is 13.4. The van der Waals surface area contributed by atoms with Crippen LogP contribution in [-0.4, -0.2) is 38.1 Å². The molecule has 2 atom stereocenters. The van der Waals surface area contributed by atoms with Gasteiger partial charge in [-0.3, -0.25) is 9.59 Å². The van der Waals surface area contributed by atoms with Crippen LogP contribution >= 0.6 is 0 Å². The molecule has 0 radical (unpaired) electrons. The molecule has 1 saturated heterocycles. The summed E-state index contributed by atoms with van der Waals surface area (Å²) in [4.78, 5) is 26.4. The number of anilines is 2. The van der Waals surface area contributed by atoms with Gasteiger partial charge in [-0.15, -0.1) is 0 Å². The molecule has 2 aliphatic rings. The summed E-state index contributed by atoms with van der Waals surface area (Å²) in [6.07, 6.45) is 0. The Kier molecular flexibility index (Phi) is 4.17. The maximum atomic E-state index is 13.6. The van der Waals surface area contributed by atoms with Crippen LogP contribution in [0.15, 0.2) is 46.7 Å². The van der Waals surface area contributed by atoms with Crippen LogP contribution in [0.3, 0.4) is 0 Å². The lowest BCUT2D eigenvalue weighted by atomic mass is 10.1. The quantitative estimate of drug-likeness (QED) is 0.752. The highest BCUT2D eigenvalue weighted by molar-refractivity contribution is 6.26. The number of rotatable bonds is 4. The molecule has 10 heteroatoms. The minimum absolute atomic E-state index is 0.0679. The zero-order valence-corrected chi connectivity index (χ0v) is 14.8. The summed E-state index contributed by atoms with van der Waals surface area (Å²) < 4.78 is 37.2.